The third-order valence-electron chi connectivity index (χ3n) is 4.22. The number of amides is 2. The molecule has 0 spiro atoms. The third-order valence-corrected chi connectivity index (χ3v) is 4.22. The van der Waals surface area contributed by atoms with E-state index in [2.05, 4.69) is 15.5 Å². The van der Waals surface area contributed by atoms with Gasteiger partial charge in [0.2, 0.25) is 0 Å². The summed E-state index contributed by atoms with van der Waals surface area (Å²) < 4.78 is 0. The van der Waals surface area contributed by atoms with Crippen LogP contribution in [-0.4, -0.2) is 42.4 Å². The van der Waals surface area contributed by atoms with Crippen LogP contribution in [0.15, 0.2) is 54.6 Å². The fraction of sp³-hybridized carbons (Fsp3) is 0.350. The summed E-state index contributed by atoms with van der Waals surface area (Å²) in [4.78, 5) is 14.1. The first kappa shape index (κ1) is 19.6. The summed E-state index contributed by atoms with van der Waals surface area (Å²) in [6.07, 6.45) is -0.0289. The molecular weight excluding hydrogens is 330 g/mol. The molecule has 0 saturated heterocycles. The van der Waals surface area contributed by atoms with Crippen LogP contribution >= 0.6 is 0 Å². The number of urea groups is 1. The van der Waals surface area contributed by atoms with E-state index in [-0.39, 0.29) is 11.8 Å². The highest BCUT2D eigenvalue weighted by Crippen LogP contribution is 2.19. The number of phenolic OH excluding ortho intramolecular Hbond substituents is 1. The van der Waals surface area contributed by atoms with E-state index in [1.165, 1.54) is 12.1 Å². The summed E-state index contributed by atoms with van der Waals surface area (Å²) in [5.41, 5.74) is 1.78. The van der Waals surface area contributed by atoms with Gasteiger partial charge in [0.25, 0.3) is 0 Å². The molecule has 0 fully saturated rings. The molecule has 0 radical (unpaired) electrons. The number of carbonyl (C=O) groups is 1. The van der Waals surface area contributed by atoms with Gasteiger partial charge in [-0.2, -0.15) is 0 Å². The minimum absolute atomic E-state index is 0.139. The highest BCUT2D eigenvalue weighted by Gasteiger charge is 2.18. The van der Waals surface area contributed by atoms with Gasteiger partial charge in [0, 0.05) is 25.8 Å². The fourth-order valence-electron chi connectivity index (χ4n) is 2.63. The van der Waals surface area contributed by atoms with Crippen molar-refractivity contribution < 1.29 is 15.0 Å². The van der Waals surface area contributed by atoms with Gasteiger partial charge in [0.1, 0.15) is 5.75 Å². The molecule has 0 bridgehead atoms. The zero-order valence-corrected chi connectivity index (χ0v) is 15.2. The lowest BCUT2D eigenvalue weighted by molar-refractivity contribution is 0.137. The van der Waals surface area contributed by atoms with Crippen LogP contribution in [0.1, 0.15) is 25.0 Å². The van der Waals surface area contributed by atoms with Gasteiger partial charge in [-0.25, -0.2) is 4.79 Å². The average molecular weight is 357 g/mol. The van der Waals surface area contributed by atoms with Crippen molar-refractivity contribution in [3.8, 4) is 5.75 Å². The van der Waals surface area contributed by atoms with Gasteiger partial charge >= 0.3 is 6.03 Å². The number of rotatable bonds is 8. The van der Waals surface area contributed by atoms with Crippen molar-refractivity contribution in [2.24, 2.45) is 0 Å². The Labute approximate surface area is 154 Å². The van der Waals surface area contributed by atoms with Crippen LogP contribution in [0.5, 0.6) is 5.75 Å². The lowest BCUT2D eigenvalue weighted by Crippen LogP contribution is -2.44. The summed E-state index contributed by atoms with van der Waals surface area (Å²) in [5, 5.41) is 25.1. The van der Waals surface area contributed by atoms with Crippen molar-refractivity contribution in [2.75, 3.05) is 25.0 Å². The number of hydrogen-bond acceptors (Lipinski definition) is 4. The number of carbonyl (C=O) groups excluding carboxylic acids is 1. The van der Waals surface area contributed by atoms with Gasteiger partial charge in [0.15, 0.2) is 0 Å². The van der Waals surface area contributed by atoms with Crippen LogP contribution < -0.4 is 15.5 Å². The first-order valence-electron chi connectivity index (χ1n) is 8.75. The second-order valence-corrected chi connectivity index (χ2v) is 6.34. The number of nitrogens with one attached hydrogen (secondary N) is 2. The van der Waals surface area contributed by atoms with Gasteiger partial charge in [-0.1, -0.05) is 30.3 Å². The molecule has 0 unspecified atom stereocenters. The maximum atomic E-state index is 12.0. The Morgan fingerprint density at radius 1 is 1.12 bits per heavy atom. The summed E-state index contributed by atoms with van der Waals surface area (Å²) in [5.74, 6) is 0.139. The van der Waals surface area contributed by atoms with Gasteiger partial charge in [-0.15, -0.1) is 0 Å². The lowest BCUT2D eigenvalue weighted by Gasteiger charge is -2.22. The van der Waals surface area contributed by atoms with E-state index in [4.69, 9.17) is 0 Å². The Balaban J connectivity index is 1.68. The lowest BCUT2D eigenvalue weighted by atomic mass is 10.0. The number of nitrogens with zero attached hydrogens (tertiary/aromatic N) is 1. The zero-order valence-electron chi connectivity index (χ0n) is 15.2. The van der Waals surface area contributed by atoms with Crippen molar-refractivity contribution in [1.29, 1.82) is 0 Å². The second kappa shape index (κ2) is 9.68. The minimum Gasteiger partial charge on any atom is -0.508 e. The number of aliphatic hydroxyl groups excluding tert-OH is 1. The molecule has 0 aliphatic heterocycles. The molecule has 2 aromatic carbocycles. The van der Waals surface area contributed by atoms with E-state index >= 15 is 0 Å². The fourth-order valence-corrected chi connectivity index (χ4v) is 2.63. The topological polar surface area (TPSA) is 84.8 Å². The van der Waals surface area contributed by atoms with E-state index in [0.717, 1.165) is 18.7 Å². The first-order chi connectivity index (χ1) is 12.5. The Morgan fingerprint density at radius 3 is 2.42 bits per heavy atom. The van der Waals surface area contributed by atoms with Crippen LogP contribution in [0.25, 0.3) is 0 Å². The van der Waals surface area contributed by atoms with E-state index in [1.807, 2.05) is 37.4 Å². The highest BCUT2D eigenvalue weighted by molar-refractivity contribution is 5.74. The molecule has 0 saturated carbocycles. The van der Waals surface area contributed by atoms with Crippen LogP contribution in [0.2, 0.25) is 0 Å². The molecule has 0 aliphatic rings. The van der Waals surface area contributed by atoms with Crippen LogP contribution in [-0.2, 0) is 0 Å². The Kier molecular flexibility index (Phi) is 7.29. The van der Waals surface area contributed by atoms with E-state index in [0.29, 0.717) is 12.1 Å². The maximum absolute atomic E-state index is 12.0. The van der Waals surface area contributed by atoms with E-state index in [1.54, 1.807) is 19.1 Å². The molecule has 140 valence electrons. The molecule has 0 aromatic heterocycles. The number of benzene rings is 2. The summed E-state index contributed by atoms with van der Waals surface area (Å²) >= 11 is 0. The summed E-state index contributed by atoms with van der Waals surface area (Å²) in [6.45, 7) is 3.11. The normalized spacial score (nSPS) is 12.9. The molecular formula is C20H27N3O3. The summed E-state index contributed by atoms with van der Waals surface area (Å²) in [6, 6.07) is 15.6. The predicted molar refractivity (Wildman–Crippen MR) is 103 cm³/mol. The van der Waals surface area contributed by atoms with Crippen molar-refractivity contribution >= 4 is 11.7 Å². The number of para-hydroxylation sites is 1. The molecule has 0 aliphatic carbocycles. The summed E-state index contributed by atoms with van der Waals surface area (Å²) in [7, 11) is 2.02. The number of phenols is 1. The largest absolute Gasteiger partial charge is 0.508 e. The monoisotopic (exact) mass is 357 g/mol. The number of aromatic hydroxyl groups is 1. The maximum Gasteiger partial charge on any atom is 0.315 e. The predicted octanol–water partition coefficient (Wildman–Crippen LogP) is 2.64. The zero-order chi connectivity index (χ0) is 18.9. The van der Waals surface area contributed by atoms with Crippen molar-refractivity contribution in [3.05, 3.63) is 60.2 Å². The second-order valence-electron chi connectivity index (χ2n) is 6.34. The average Bonchev–Trinajstić information content (AvgIpc) is 2.65. The SMILES string of the molecule is C[C@H](NC(=O)NCCCN(C)c1ccccc1)[C@H](O)c1ccc(O)cc1. The highest BCUT2D eigenvalue weighted by atomic mass is 16.3. The van der Waals surface area contributed by atoms with Crippen LogP contribution in [0, 0.1) is 0 Å². The smallest absolute Gasteiger partial charge is 0.315 e. The van der Waals surface area contributed by atoms with Crippen LogP contribution in [0.3, 0.4) is 0 Å². The van der Waals surface area contributed by atoms with Gasteiger partial charge in [0.05, 0.1) is 12.1 Å². The minimum atomic E-state index is -0.842. The molecule has 2 aromatic rings. The Morgan fingerprint density at radius 2 is 1.77 bits per heavy atom. The van der Waals surface area contributed by atoms with E-state index in [9.17, 15) is 15.0 Å². The van der Waals surface area contributed by atoms with Crippen LogP contribution in [0.4, 0.5) is 10.5 Å². The van der Waals surface area contributed by atoms with Gasteiger partial charge in [-0.05, 0) is 43.2 Å². The standard InChI is InChI=1S/C20H27N3O3/c1-15(19(25)16-9-11-18(24)12-10-16)22-20(26)21-13-6-14-23(2)17-7-4-3-5-8-17/h3-5,7-12,15,19,24-25H,6,13-14H2,1-2H3,(H2,21,22,26)/t15-,19-/m0/s1. The molecule has 0 heterocycles. The van der Waals surface area contributed by atoms with Crippen molar-refractivity contribution in [1.82, 2.24) is 10.6 Å². The van der Waals surface area contributed by atoms with Crippen molar-refractivity contribution in [3.63, 3.8) is 0 Å². The van der Waals surface area contributed by atoms with Gasteiger partial charge < -0.3 is 25.7 Å². The quantitative estimate of drug-likeness (QED) is 0.547. The van der Waals surface area contributed by atoms with E-state index < -0.39 is 12.1 Å². The molecule has 2 atom stereocenters. The number of anilines is 1. The van der Waals surface area contributed by atoms with Gasteiger partial charge in [-0.3, -0.25) is 0 Å². The third kappa shape index (κ3) is 5.97. The molecule has 6 heteroatoms. The first-order valence-corrected chi connectivity index (χ1v) is 8.75. The Bertz CT molecular complexity index is 676. The molecule has 26 heavy (non-hydrogen) atoms. The number of aliphatic hydroxyl groups is 1. The molecule has 2 amide bonds. The molecule has 2 rings (SSSR count). The Hall–Kier alpha value is -2.73. The number of hydrogen-bond donors (Lipinski definition) is 4. The molecule has 4 N–H and O–H groups in total. The molecule has 6 nitrogen and oxygen atoms in total. The van der Waals surface area contributed by atoms with Crippen molar-refractivity contribution in [2.45, 2.75) is 25.5 Å².